The summed E-state index contributed by atoms with van der Waals surface area (Å²) in [7, 11) is 2.44. The smallest absolute Gasteiger partial charge is 0.328 e. The first-order valence-corrected chi connectivity index (χ1v) is 8.38. The van der Waals surface area contributed by atoms with Gasteiger partial charge in [0.2, 0.25) is 5.91 Å². The molecule has 1 aromatic rings. The molecule has 0 N–H and O–H groups in total. The number of ether oxygens (including phenoxy) is 3. The number of benzene rings is 1. The van der Waals surface area contributed by atoms with Crippen molar-refractivity contribution < 1.29 is 28.6 Å². The maximum absolute atomic E-state index is 12.8. The van der Waals surface area contributed by atoms with Crippen molar-refractivity contribution in [3.05, 3.63) is 41.5 Å². The highest BCUT2D eigenvalue weighted by atomic mass is 16.5. The molecule has 0 unspecified atom stereocenters. The van der Waals surface area contributed by atoms with Gasteiger partial charge in [-0.05, 0) is 16.7 Å². The fourth-order valence-electron chi connectivity index (χ4n) is 3.54. The molecule has 2 aliphatic rings. The third-order valence-corrected chi connectivity index (χ3v) is 4.88. The van der Waals surface area contributed by atoms with Crippen LogP contribution in [0.15, 0.2) is 30.3 Å². The van der Waals surface area contributed by atoms with Gasteiger partial charge in [0.05, 0.1) is 27.4 Å². The van der Waals surface area contributed by atoms with E-state index in [1.54, 1.807) is 17.0 Å². The lowest BCUT2D eigenvalue weighted by atomic mass is 9.80. The van der Waals surface area contributed by atoms with Gasteiger partial charge in [0, 0.05) is 25.6 Å². The number of methoxy groups -OCH3 is 2. The quantitative estimate of drug-likeness (QED) is 0.451. The van der Waals surface area contributed by atoms with Crippen molar-refractivity contribution in [2.75, 3.05) is 40.5 Å². The number of amides is 1. The predicted octanol–water partition coefficient (Wildman–Crippen LogP) is 0.817. The number of carbonyl (C=O) groups is 3. The van der Waals surface area contributed by atoms with Crippen LogP contribution >= 0.6 is 0 Å². The number of rotatable bonds is 3. The number of carbonyl (C=O) groups excluding carboxylic acids is 3. The molecule has 1 aliphatic heterocycles. The maximum atomic E-state index is 12.8. The number of nitrogens with zero attached hydrogens (tertiary/aromatic N) is 1. The summed E-state index contributed by atoms with van der Waals surface area (Å²) in [6, 6.07) is 7.25. The van der Waals surface area contributed by atoms with Crippen LogP contribution in [0.3, 0.4) is 0 Å². The molecule has 1 aromatic carbocycles. The molecule has 0 saturated carbocycles. The minimum atomic E-state index is -1.67. The van der Waals surface area contributed by atoms with E-state index in [9.17, 15) is 14.4 Å². The number of hydrogen-bond acceptors (Lipinski definition) is 6. The van der Waals surface area contributed by atoms with Crippen LogP contribution < -0.4 is 0 Å². The van der Waals surface area contributed by atoms with E-state index in [0.717, 1.165) is 5.56 Å². The Morgan fingerprint density at radius 1 is 1.08 bits per heavy atom. The molecule has 7 nitrogen and oxygen atoms in total. The molecule has 1 amide bonds. The Hall–Kier alpha value is -2.67. The molecule has 1 aliphatic carbocycles. The first-order chi connectivity index (χ1) is 12.5. The zero-order valence-corrected chi connectivity index (χ0v) is 14.8. The highest BCUT2D eigenvalue weighted by Gasteiger charge is 2.56. The van der Waals surface area contributed by atoms with E-state index >= 15 is 0 Å². The molecule has 0 atom stereocenters. The Morgan fingerprint density at radius 3 is 2.31 bits per heavy atom. The molecule has 3 rings (SSSR count). The van der Waals surface area contributed by atoms with E-state index in [1.165, 1.54) is 20.3 Å². The summed E-state index contributed by atoms with van der Waals surface area (Å²) in [5.74, 6) is -1.74. The lowest BCUT2D eigenvalue weighted by Crippen LogP contribution is -2.43. The van der Waals surface area contributed by atoms with Crippen molar-refractivity contribution in [1.82, 2.24) is 4.90 Å². The number of hydrogen-bond donors (Lipinski definition) is 0. The molecule has 1 heterocycles. The summed E-state index contributed by atoms with van der Waals surface area (Å²) in [5.41, 5.74) is 0.132. The topological polar surface area (TPSA) is 82.1 Å². The molecule has 0 aromatic heterocycles. The van der Waals surface area contributed by atoms with Crippen LogP contribution in [-0.4, -0.2) is 63.3 Å². The van der Waals surface area contributed by atoms with Crippen molar-refractivity contribution in [1.29, 1.82) is 0 Å². The second-order valence-electron chi connectivity index (χ2n) is 6.22. The van der Waals surface area contributed by atoms with Gasteiger partial charge in [-0.1, -0.05) is 24.3 Å². The van der Waals surface area contributed by atoms with Crippen molar-refractivity contribution in [3.63, 3.8) is 0 Å². The standard InChI is InChI=1S/C19H21NO6/c1-24-17(22)19(18(23)25-2)12-13-5-3-4-6-14(13)15(19)11-16(21)20-7-9-26-10-8-20/h3-6,11H,7-10,12H2,1-2H3/b15-11+. The van der Waals surface area contributed by atoms with Gasteiger partial charge in [-0.15, -0.1) is 0 Å². The first kappa shape index (κ1) is 18.1. The minimum absolute atomic E-state index is 0.102. The average Bonchev–Trinajstić information content (AvgIpc) is 3.02. The minimum Gasteiger partial charge on any atom is -0.468 e. The lowest BCUT2D eigenvalue weighted by Gasteiger charge is -2.28. The Labute approximate surface area is 151 Å². The second kappa shape index (κ2) is 7.29. The fourth-order valence-corrected chi connectivity index (χ4v) is 3.54. The number of morpholine rings is 1. The van der Waals surface area contributed by atoms with Crippen LogP contribution in [0.4, 0.5) is 0 Å². The van der Waals surface area contributed by atoms with Crippen LogP contribution in [0.2, 0.25) is 0 Å². The van der Waals surface area contributed by atoms with Gasteiger partial charge in [0.25, 0.3) is 0 Å². The zero-order chi connectivity index (χ0) is 18.7. The monoisotopic (exact) mass is 359 g/mol. The van der Waals surface area contributed by atoms with E-state index in [1.807, 2.05) is 12.1 Å². The largest absolute Gasteiger partial charge is 0.468 e. The molecular formula is C19H21NO6. The Morgan fingerprint density at radius 2 is 1.69 bits per heavy atom. The fraction of sp³-hybridized carbons (Fsp3) is 0.421. The molecule has 0 spiro atoms. The predicted molar refractivity (Wildman–Crippen MR) is 92.0 cm³/mol. The van der Waals surface area contributed by atoms with Crippen LogP contribution in [0.25, 0.3) is 5.57 Å². The van der Waals surface area contributed by atoms with E-state index < -0.39 is 17.4 Å². The molecule has 1 saturated heterocycles. The Balaban J connectivity index is 2.11. The van der Waals surface area contributed by atoms with Gasteiger partial charge in [-0.25, -0.2) is 0 Å². The SMILES string of the molecule is COC(=O)C1(C(=O)OC)Cc2ccccc2/C1=C\C(=O)N1CCOCC1. The number of fused-ring (bicyclic) bond motifs is 1. The summed E-state index contributed by atoms with van der Waals surface area (Å²) in [6.45, 7) is 1.86. The van der Waals surface area contributed by atoms with Crippen LogP contribution in [0.1, 0.15) is 11.1 Å². The van der Waals surface area contributed by atoms with Crippen LogP contribution in [-0.2, 0) is 35.0 Å². The van der Waals surface area contributed by atoms with E-state index in [4.69, 9.17) is 14.2 Å². The first-order valence-electron chi connectivity index (χ1n) is 8.38. The van der Waals surface area contributed by atoms with Gasteiger partial charge in [0.15, 0.2) is 5.41 Å². The summed E-state index contributed by atoms with van der Waals surface area (Å²) in [6.07, 6.45) is 1.47. The van der Waals surface area contributed by atoms with Gasteiger partial charge < -0.3 is 19.1 Å². The maximum Gasteiger partial charge on any atom is 0.328 e. The van der Waals surface area contributed by atoms with E-state index in [2.05, 4.69) is 0 Å². The lowest BCUT2D eigenvalue weighted by molar-refractivity contribution is -0.163. The zero-order valence-electron chi connectivity index (χ0n) is 14.8. The molecule has 138 valence electrons. The van der Waals surface area contributed by atoms with Crippen molar-refractivity contribution >= 4 is 23.4 Å². The normalized spacial score (nSPS) is 19.8. The highest BCUT2D eigenvalue weighted by Crippen LogP contribution is 2.48. The molecule has 0 radical (unpaired) electrons. The summed E-state index contributed by atoms with van der Waals surface area (Å²) >= 11 is 0. The number of esters is 2. The second-order valence-corrected chi connectivity index (χ2v) is 6.22. The van der Waals surface area contributed by atoms with Crippen LogP contribution in [0, 0.1) is 5.41 Å². The van der Waals surface area contributed by atoms with Gasteiger partial charge in [-0.2, -0.15) is 0 Å². The van der Waals surface area contributed by atoms with E-state index in [0.29, 0.717) is 37.4 Å². The molecule has 1 fully saturated rings. The molecule has 0 bridgehead atoms. The molecule has 26 heavy (non-hydrogen) atoms. The van der Waals surface area contributed by atoms with Crippen LogP contribution in [0.5, 0.6) is 0 Å². The van der Waals surface area contributed by atoms with Gasteiger partial charge in [0.1, 0.15) is 0 Å². The molecular weight excluding hydrogens is 338 g/mol. The van der Waals surface area contributed by atoms with Crippen molar-refractivity contribution in [2.24, 2.45) is 5.41 Å². The molecule has 7 heteroatoms. The third kappa shape index (κ3) is 2.88. The van der Waals surface area contributed by atoms with Crippen molar-refractivity contribution in [2.45, 2.75) is 6.42 Å². The van der Waals surface area contributed by atoms with Gasteiger partial charge in [-0.3, -0.25) is 14.4 Å². The summed E-state index contributed by atoms with van der Waals surface area (Å²) < 4.78 is 15.1. The van der Waals surface area contributed by atoms with E-state index in [-0.39, 0.29) is 12.3 Å². The van der Waals surface area contributed by atoms with Crippen molar-refractivity contribution in [3.8, 4) is 0 Å². The average molecular weight is 359 g/mol. The Bertz CT molecular complexity index is 747. The summed E-state index contributed by atoms with van der Waals surface area (Å²) in [4.78, 5) is 39.7. The van der Waals surface area contributed by atoms with Gasteiger partial charge >= 0.3 is 11.9 Å². The summed E-state index contributed by atoms with van der Waals surface area (Å²) in [5, 5.41) is 0. The Kier molecular flexibility index (Phi) is 5.08. The highest BCUT2D eigenvalue weighted by molar-refractivity contribution is 6.17. The third-order valence-electron chi connectivity index (χ3n) is 4.88.